The summed E-state index contributed by atoms with van der Waals surface area (Å²) in [6, 6.07) is 11.5. The van der Waals surface area contributed by atoms with E-state index < -0.39 is 5.85 Å². The number of benzene rings is 2. The Hall–Kier alpha value is -2.50. The first kappa shape index (κ1) is 13.5. The topological polar surface area (TPSA) is 95.4 Å². The number of carbonyl (C=O) groups excluding carboxylic acids is 2. The van der Waals surface area contributed by atoms with Crippen LogP contribution in [0.15, 0.2) is 42.5 Å². The highest BCUT2D eigenvalue weighted by molar-refractivity contribution is 6.29. The van der Waals surface area contributed by atoms with Gasteiger partial charge in [0.1, 0.15) is 5.75 Å². The highest BCUT2D eigenvalue weighted by Crippen LogP contribution is 2.33. The minimum atomic E-state index is -1.44. The number of rotatable bonds is 2. The highest BCUT2D eigenvalue weighted by atomic mass is 16.5. The fourth-order valence-corrected chi connectivity index (χ4v) is 2.44. The van der Waals surface area contributed by atoms with Gasteiger partial charge < -0.3 is 4.74 Å². The van der Waals surface area contributed by atoms with Gasteiger partial charge in [0.05, 0.1) is 5.56 Å². The molecule has 0 saturated carbocycles. The molecule has 0 heterocycles. The molecule has 2 aromatic rings. The van der Waals surface area contributed by atoms with Crippen LogP contribution in [0.2, 0.25) is 0 Å². The number of nitrogens with two attached hydrogens (primary N) is 2. The van der Waals surface area contributed by atoms with Crippen molar-refractivity contribution in [3.05, 3.63) is 64.7 Å². The maximum absolute atomic E-state index is 12.6. The Kier molecular flexibility index (Phi) is 2.90. The van der Waals surface area contributed by atoms with Gasteiger partial charge in [-0.1, -0.05) is 36.4 Å². The van der Waals surface area contributed by atoms with Gasteiger partial charge >= 0.3 is 0 Å². The Morgan fingerprint density at radius 2 is 1.43 bits per heavy atom. The number of hydrogen-bond acceptors (Lipinski definition) is 5. The van der Waals surface area contributed by atoms with Crippen LogP contribution < -0.4 is 16.2 Å². The third-order valence-electron chi connectivity index (χ3n) is 3.24. The number of carbonyl (C=O) groups is 2. The molecule has 0 amide bonds. The van der Waals surface area contributed by atoms with Crippen molar-refractivity contribution in [1.82, 2.24) is 0 Å². The maximum Gasteiger partial charge on any atom is 0.209 e. The summed E-state index contributed by atoms with van der Waals surface area (Å²) in [5.74, 6) is -1.69. The zero-order valence-electron chi connectivity index (χ0n) is 11.4. The van der Waals surface area contributed by atoms with Crippen molar-refractivity contribution < 1.29 is 14.3 Å². The molecule has 0 bridgehead atoms. The Morgan fingerprint density at radius 3 is 2.05 bits per heavy atom. The van der Waals surface area contributed by atoms with Crippen LogP contribution in [0.1, 0.15) is 38.8 Å². The van der Waals surface area contributed by atoms with E-state index in [1.807, 2.05) is 0 Å². The summed E-state index contributed by atoms with van der Waals surface area (Å²) in [5.41, 5.74) is 12.5. The Bertz CT molecular complexity index is 760. The molecule has 106 valence electrons. The zero-order chi connectivity index (χ0) is 15.2. The summed E-state index contributed by atoms with van der Waals surface area (Å²) in [4.78, 5) is 25.1. The van der Waals surface area contributed by atoms with Crippen molar-refractivity contribution in [2.45, 2.75) is 12.8 Å². The summed E-state index contributed by atoms with van der Waals surface area (Å²) in [6.07, 6.45) is 0. The lowest BCUT2D eigenvalue weighted by Crippen LogP contribution is -2.51. The number of ether oxygens (including phenoxy) is 1. The van der Waals surface area contributed by atoms with Gasteiger partial charge in [-0.05, 0) is 6.07 Å². The molecule has 0 atom stereocenters. The molecule has 5 heteroatoms. The van der Waals surface area contributed by atoms with E-state index in [0.29, 0.717) is 16.7 Å². The van der Waals surface area contributed by atoms with E-state index in [1.54, 1.807) is 42.5 Å². The summed E-state index contributed by atoms with van der Waals surface area (Å²) < 4.78 is 5.42. The SMILES string of the molecule is CC(N)(N)Oc1cccc2c1C(=O)c1ccccc1C2=O. The molecular weight excluding hydrogens is 268 g/mol. The van der Waals surface area contributed by atoms with E-state index in [2.05, 4.69) is 0 Å². The van der Waals surface area contributed by atoms with Crippen LogP contribution in [-0.4, -0.2) is 17.4 Å². The second-order valence-corrected chi connectivity index (χ2v) is 5.17. The maximum atomic E-state index is 12.6. The summed E-state index contributed by atoms with van der Waals surface area (Å²) >= 11 is 0. The smallest absolute Gasteiger partial charge is 0.209 e. The molecule has 5 nitrogen and oxygen atoms in total. The monoisotopic (exact) mass is 282 g/mol. The van der Waals surface area contributed by atoms with Crippen molar-refractivity contribution in [2.24, 2.45) is 11.5 Å². The lowest BCUT2D eigenvalue weighted by molar-refractivity contribution is 0.0919. The van der Waals surface area contributed by atoms with E-state index in [0.717, 1.165) is 0 Å². The van der Waals surface area contributed by atoms with Gasteiger partial charge in [-0.25, -0.2) is 0 Å². The Balaban J connectivity index is 2.21. The molecule has 0 spiro atoms. The third-order valence-corrected chi connectivity index (χ3v) is 3.24. The summed E-state index contributed by atoms with van der Waals surface area (Å²) in [6.45, 7) is 1.47. The first-order chi connectivity index (χ1) is 9.88. The molecule has 1 aliphatic carbocycles. The van der Waals surface area contributed by atoms with Crippen LogP contribution in [0.25, 0.3) is 0 Å². The van der Waals surface area contributed by atoms with Gasteiger partial charge in [0.15, 0.2) is 11.6 Å². The zero-order valence-corrected chi connectivity index (χ0v) is 11.4. The first-order valence-electron chi connectivity index (χ1n) is 6.47. The molecule has 4 N–H and O–H groups in total. The van der Waals surface area contributed by atoms with Gasteiger partial charge in [-0.3, -0.25) is 21.1 Å². The van der Waals surface area contributed by atoms with Crippen LogP contribution in [0, 0.1) is 0 Å². The molecule has 2 aromatic carbocycles. The van der Waals surface area contributed by atoms with Crippen molar-refractivity contribution in [3.63, 3.8) is 0 Å². The van der Waals surface area contributed by atoms with E-state index in [9.17, 15) is 9.59 Å². The molecule has 0 radical (unpaired) electrons. The van der Waals surface area contributed by atoms with Gasteiger partial charge in [-0.2, -0.15) is 0 Å². The van der Waals surface area contributed by atoms with E-state index in [4.69, 9.17) is 16.2 Å². The molecule has 1 aliphatic rings. The fraction of sp³-hybridized carbons (Fsp3) is 0.125. The molecule has 0 saturated heterocycles. The predicted molar refractivity (Wildman–Crippen MR) is 77.2 cm³/mol. The van der Waals surface area contributed by atoms with Crippen molar-refractivity contribution in [2.75, 3.05) is 0 Å². The molecule has 3 rings (SSSR count). The standard InChI is InChI=1S/C16H14N2O3/c1-16(17,18)21-12-8-4-7-11-13(12)15(20)10-6-3-2-5-9(10)14(11)19/h2-8H,17-18H2,1H3. The molecule has 0 fully saturated rings. The molecule has 0 aromatic heterocycles. The minimum absolute atomic E-state index is 0.207. The first-order valence-corrected chi connectivity index (χ1v) is 6.47. The van der Waals surface area contributed by atoms with Gasteiger partial charge in [0, 0.05) is 23.6 Å². The van der Waals surface area contributed by atoms with Crippen LogP contribution in [0.3, 0.4) is 0 Å². The van der Waals surface area contributed by atoms with Crippen molar-refractivity contribution >= 4 is 11.6 Å². The summed E-state index contributed by atoms with van der Waals surface area (Å²) in [5, 5.41) is 0. The predicted octanol–water partition coefficient (Wildman–Crippen LogP) is 1.43. The molecule has 0 unspecified atom stereocenters. The Labute approximate surface area is 121 Å². The van der Waals surface area contributed by atoms with Crippen LogP contribution in [0.4, 0.5) is 0 Å². The van der Waals surface area contributed by atoms with E-state index in [-0.39, 0.29) is 22.9 Å². The average molecular weight is 282 g/mol. The molecule has 21 heavy (non-hydrogen) atoms. The average Bonchev–Trinajstić information content (AvgIpc) is 2.43. The van der Waals surface area contributed by atoms with Crippen LogP contribution in [-0.2, 0) is 0 Å². The normalized spacial score (nSPS) is 13.7. The third kappa shape index (κ3) is 2.22. The summed E-state index contributed by atoms with van der Waals surface area (Å²) in [7, 11) is 0. The lowest BCUT2D eigenvalue weighted by Gasteiger charge is -2.25. The fourth-order valence-electron chi connectivity index (χ4n) is 2.44. The number of ketones is 2. The van der Waals surface area contributed by atoms with Gasteiger partial charge in [-0.15, -0.1) is 0 Å². The van der Waals surface area contributed by atoms with Gasteiger partial charge in [0.2, 0.25) is 5.85 Å². The van der Waals surface area contributed by atoms with Crippen LogP contribution >= 0.6 is 0 Å². The molecular formula is C16H14N2O3. The van der Waals surface area contributed by atoms with Crippen LogP contribution in [0.5, 0.6) is 5.75 Å². The lowest BCUT2D eigenvalue weighted by atomic mass is 9.83. The van der Waals surface area contributed by atoms with E-state index >= 15 is 0 Å². The van der Waals surface area contributed by atoms with Crippen molar-refractivity contribution in [1.29, 1.82) is 0 Å². The van der Waals surface area contributed by atoms with Gasteiger partial charge in [0.25, 0.3) is 0 Å². The second kappa shape index (κ2) is 4.51. The molecule has 0 aliphatic heterocycles. The number of hydrogen-bond donors (Lipinski definition) is 2. The minimum Gasteiger partial charge on any atom is -0.460 e. The van der Waals surface area contributed by atoms with E-state index in [1.165, 1.54) is 6.92 Å². The Morgan fingerprint density at radius 1 is 0.857 bits per heavy atom. The highest BCUT2D eigenvalue weighted by Gasteiger charge is 2.32. The largest absolute Gasteiger partial charge is 0.460 e. The number of fused-ring (bicyclic) bond motifs is 2. The quantitative estimate of drug-likeness (QED) is 0.693. The van der Waals surface area contributed by atoms with Crippen molar-refractivity contribution in [3.8, 4) is 5.75 Å². The second-order valence-electron chi connectivity index (χ2n) is 5.17.